The van der Waals surface area contributed by atoms with Gasteiger partial charge in [0.25, 0.3) is 0 Å². The number of nitrogens with one attached hydrogen (secondary N) is 2. The molecule has 0 amide bonds. The molecule has 6 heteroatoms. The van der Waals surface area contributed by atoms with E-state index in [1.807, 2.05) is 13.1 Å². The van der Waals surface area contributed by atoms with E-state index in [9.17, 15) is 0 Å². The fraction of sp³-hybridized carbons (Fsp3) is 0.708. The first kappa shape index (κ1) is 22.7. The van der Waals surface area contributed by atoms with Gasteiger partial charge in [0.05, 0.1) is 13.2 Å². The van der Waals surface area contributed by atoms with E-state index in [2.05, 4.69) is 27.8 Å². The van der Waals surface area contributed by atoms with Crippen LogP contribution in [0, 0.1) is 5.41 Å². The van der Waals surface area contributed by atoms with Crippen LogP contribution in [0.5, 0.6) is 11.5 Å². The summed E-state index contributed by atoms with van der Waals surface area (Å²) in [7, 11) is 5.31. The molecule has 168 valence electrons. The summed E-state index contributed by atoms with van der Waals surface area (Å²) in [6, 6.07) is 6.19. The maximum absolute atomic E-state index is 6.15. The van der Waals surface area contributed by atoms with Crippen molar-refractivity contribution in [2.45, 2.75) is 70.4 Å². The Balaban J connectivity index is 1.52. The molecule has 0 bridgehead atoms. The molecule has 2 saturated carbocycles. The maximum atomic E-state index is 6.15. The molecule has 2 N–H and O–H groups in total. The van der Waals surface area contributed by atoms with Crippen LogP contribution < -0.4 is 20.1 Å². The predicted molar refractivity (Wildman–Crippen MR) is 121 cm³/mol. The van der Waals surface area contributed by atoms with Gasteiger partial charge >= 0.3 is 0 Å². The summed E-state index contributed by atoms with van der Waals surface area (Å²) in [6.45, 7) is 2.45. The molecule has 2 aliphatic rings. The molecular formula is C24H39N3O3. The van der Waals surface area contributed by atoms with E-state index in [1.165, 1.54) is 38.5 Å². The first-order valence-electron chi connectivity index (χ1n) is 11.4. The molecular weight excluding hydrogens is 378 g/mol. The molecule has 0 heterocycles. The van der Waals surface area contributed by atoms with E-state index in [4.69, 9.17) is 14.2 Å². The highest BCUT2D eigenvalue weighted by Gasteiger charge is 2.33. The van der Waals surface area contributed by atoms with Gasteiger partial charge in [0.2, 0.25) is 0 Å². The van der Waals surface area contributed by atoms with Crippen molar-refractivity contribution in [3.63, 3.8) is 0 Å². The SMILES string of the molecule is CN=C(NCc1ccc(OC2CCCC2)c(OC)c1)NCC1(CCOC)CCCC1. The molecule has 2 aliphatic carbocycles. The first-order chi connectivity index (χ1) is 14.7. The zero-order chi connectivity index (χ0) is 21.2. The van der Waals surface area contributed by atoms with Crippen molar-refractivity contribution in [2.24, 2.45) is 10.4 Å². The Morgan fingerprint density at radius 3 is 2.50 bits per heavy atom. The highest BCUT2D eigenvalue weighted by molar-refractivity contribution is 5.79. The predicted octanol–water partition coefficient (Wildman–Crippen LogP) is 4.28. The number of hydrogen-bond acceptors (Lipinski definition) is 4. The molecule has 6 nitrogen and oxygen atoms in total. The molecule has 0 saturated heterocycles. The third-order valence-electron chi connectivity index (χ3n) is 6.64. The van der Waals surface area contributed by atoms with Crippen molar-refractivity contribution < 1.29 is 14.2 Å². The van der Waals surface area contributed by atoms with Crippen LogP contribution in [0.2, 0.25) is 0 Å². The molecule has 0 aliphatic heterocycles. The number of hydrogen-bond donors (Lipinski definition) is 2. The van der Waals surface area contributed by atoms with Crippen molar-refractivity contribution in [1.29, 1.82) is 0 Å². The van der Waals surface area contributed by atoms with Gasteiger partial charge in [-0.15, -0.1) is 0 Å². The van der Waals surface area contributed by atoms with Gasteiger partial charge in [0.15, 0.2) is 17.5 Å². The standard InChI is InChI=1S/C24H39N3O3/c1-25-23(27-18-24(14-15-28-2)12-6-7-13-24)26-17-19-10-11-21(22(16-19)29-3)30-20-8-4-5-9-20/h10-11,16,20H,4-9,12-15,17-18H2,1-3H3,(H2,25,26,27). The van der Waals surface area contributed by atoms with E-state index in [0.29, 0.717) is 18.1 Å². The van der Waals surface area contributed by atoms with Gasteiger partial charge in [-0.1, -0.05) is 18.9 Å². The minimum atomic E-state index is 0.326. The van der Waals surface area contributed by atoms with Gasteiger partial charge in [0, 0.05) is 33.9 Å². The summed E-state index contributed by atoms with van der Waals surface area (Å²) in [6.07, 6.45) is 11.4. The quantitative estimate of drug-likeness (QED) is 0.439. The number of methoxy groups -OCH3 is 2. The molecule has 0 unspecified atom stereocenters. The lowest BCUT2D eigenvalue weighted by molar-refractivity contribution is 0.138. The lowest BCUT2D eigenvalue weighted by Crippen LogP contribution is -2.43. The molecule has 0 aromatic heterocycles. The van der Waals surface area contributed by atoms with Crippen LogP contribution >= 0.6 is 0 Å². The van der Waals surface area contributed by atoms with Crippen LogP contribution in [0.25, 0.3) is 0 Å². The smallest absolute Gasteiger partial charge is 0.191 e. The normalized spacial score (nSPS) is 19.1. The minimum Gasteiger partial charge on any atom is -0.493 e. The second-order valence-electron chi connectivity index (χ2n) is 8.74. The van der Waals surface area contributed by atoms with Gasteiger partial charge in [-0.3, -0.25) is 4.99 Å². The van der Waals surface area contributed by atoms with E-state index >= 15 is 0 Å². The fourth-order valence-corrected chi connectivity index (χ4v) is 4.74. The summed E-state index contributed by atoms with van der Waals surface area (Å²) in [4.78, 5) is 4.41. The average Bonchev–Trinajstić information content (AvgIpc) is 3.46. The minimum absolute atomic E-state index is 0.326. The van der Waals surface area contributed by atoms with Crippen molar-refractivity contribution in [2.75, 3.05) is 34.4 Å². The van der Waals surface area contributed by atoms with Crippen LogP contribution in [0.4, 0.5) is 0 Å². The summed E-state index contributed by atoms with van der Waals surface area (Å²) in [5, 5.41) is 6.99. The van der Waals surface area contributed by atoms with Crippen LogP contribution in [-0.4, -0.2) is 46.5 Å². The van der Waals surface area contributed by atoms with E-state index in [0.717, 1.165) is 55.4 Å². The van der Waals surface area contributed by atoms with Crippen LogP contribution in [0.3, 0.4) is 0 Å². The Morgan fingerprint density at radius 1 is 1.07 bits per heavy atom. The summed E-state index contributed by atoms with van der Waals surface area (Å²) < 4.78 is 17.1. The fourth-order valence-electron chi connectivity index (χ4n) is 4.74. The lowest BCUT2D eigenvalue weighted by Gasteiger charge is -2.30. The summed E-state index contributed by atoms with van der Waals surface area (Å²) >= 11 is 0. The number of aliphatic imine (C=N–C) groups is 1. The van der Waals surface area contributed by atoms with E-state index in [1.54, 1.807) is 14.2 Å². The number of guanidine groups is 1. The monoisotopic (exact) mass is 417 g/mol. The van der Waals surface area contributed by atoms with Gasteiger partial charge in [-0.25, -0.2) is 0 Å². The van der Waals surface area contributed by atoms with Crippen molar-refractivity contribution in [3.8, 4) is 11.5 Å². The van der Waals surface area contributed by atoms with Crippen molar-refractivity contribution in [3.05, 3.63) is 23.8 Å². The third-order valence-corrected chi connectivity index (χ3v) is 6.64. The highest BCUT2D eigenvalue weighted by atomic mass is 16.5. The average molecular weight is 418 g/mol. The molecule has 0 spiro atoms. The topological polar surface area (TPSA) is 64.1 Å². The largest absolute Gasteiger partial charge is 0.493 e. The molecule has 1 aromatic rings. The van der Waals surface area contributed by atoms with Gasteiger partial charge < -0.3 is 24.8 Å². The van der Waals surface area contributed by atoms with Crippen LogP contribution in [0.15, 0.2) is 23.2 Å². The lowest BCUT2D eigenvalue weighted by atomic mass is 9.83. The third kappa shape index (κ3) is 6.27. The molecule has 30 heavy (non-hydrogen) atoms. The van der Waals surface area contributed by atoms with E-state index < -0.39 is 0 Å². The Morgan fingerprint density at radius 2 is 1.83 bits per heavy atom. The zero-order valence-corrected chi connectivity index (χ0v) is 19.0. The molecule has 2 fully saturated rings. The summed E-state index contributed by atoms with van der Waals surface area (Å²) in [5.41, 5.74) is 1.47. The Hall–Kier alpha value is -1.95. The Bertz CT molecular complexity index is 680. The van der Waals surface area contributed by atoms with Crippen LogP contribution in [-0.2, 0) is 11.3 Å². The second kappa shape index (κ2) is 11.4. The van der Waals surface area contributed by atoms with Crippen LogP contribution in [0.1, 0.15) is 63.4 Å². The van der Waals surface area contributed by atoms with Crippen molar-refractivity contribution >= 4 is 5.96 Å². The zero-order valence-electron chi connectivity index (χ0n) is 19.0. The maximum Gasteiger partial charge on any atom is 0.191 e. The van der Waals surface area contributed by atoms with Crippen molar-refractivity contribution in [1.82, 2.24) is 10.6 Å². The first-order valence-corrected chi connectivity index (χ1v) is 11.4. The molecule has 3 rings (SSSR count). The number of rotatable bonds is 10. The van der Waals surface area contributed by atoms with Gasteiger partial charge in [-0.2, -0.15) is 0 Å². The summed E-state index contributed by atoms with van der Waals surface area (Å²) in [5.74, 6) is 2.48. The van der Waals surface area contributed by atoms with Gasteiger partial charge in [-0.05, 0) is 68.1 Å². The van der Waals surface area contributed by atoms with Gasteiger partial charge in [0.1, 0.15) is 0 Å². The number of ether oxygens (including phenoxy) is 3. The molecule has 1 aromatic carbocycles. The molecule has 0 atom stereocenters. The van der Waals surface area contributed by atoms with E-state index in [-0.39, 0.29) is 0 Å². The highest BCUT2D eigenvalue weighted by Crippen LogP contribution is 2.40. The Labute approximate surface area is 181 Å². The second-order valence-corrected chi connectivity index (χ2v) is 8.74. The number of benzene rings is 1. The Kier molecular flexibility index (Phi) is 8.67. The number of nitrogens with zero attached hydrogens (tertiary/aromatic N) is 1. The molecule has 0 radical (unpaired) electrons.